The minimum absolute atomic E-state index is 0.115. The number of rotatable bonds is 5. The van der Waals surface area contributed by atoms with Gasteiger partial charge in [0.15, 0.2) is 5.76 Å². The van der Waals surface area contributed by atoms with Gasteiger partial charge in [-0.3, -0.25) is 25.2 Å². The molecule has 0 saturated heterocycles. The summed E-state index contributed by atoms with van der Waals surface area (Å²) in [5.41, 5.74) is 10.8. The number of aryl methyl sites for hydroxylation is 1. The summed E-state index contributed by atoms with van der Waals surface area (Å²) in [6.45, 7) is 1.77. The van der Waals surface area contributed by atoms with Gasteiger partial charge in [0.25, 0.3) is 5.91 Å². The first-order chi connectivity index (χ1) is 16.0. The molecule has 3 aromatic rings. The number of carbonyl (C=O) groups is 3. The van der Waals surface area contributed by atoms with Gasteiger partial charge in [-0.25, -0.2) is 5.43 Å². The molecule has 3 N–H and O–H groups in total. The fraction of sp³-hybridized carbons (Fsp3) is 0.200. The molecule has 0 atom stereocenters. The summed E-state index contributed by atoms with van der Waals surface area (Å²) in [5.74, 6) is -0.433. The van der Waals surface area contributed by atoms with Gasteiger partial charge in [-0.1, -0.05) is 48.5 Å². The van der Waals surface area contributed by atoms with Crippen molar-refractivity contribution in [3.8, 4) is 0 Å². The second kappa shape index (κ2) is 9.95. The zero-order valence-corrected chi connectivity index (χ0v) is 18.2. The number of hydrogen-bond acceptors (Lipinski definition) is 5. The lowest BCUT2D eigenvalue weighted by Gasteiger charge is -2.13. The number of carbonyl (C=O) groups excluding carboxylic acids is 3. The van der Waals surface area contributed by atoms with E-state index in [4.69, 9.17) is 4.42 Å². The van der Waals surface area contributed by atoms with Gasteiger partial charge >= 0.3 is 5.91 Å². The van der Waals surface area contributed by atoms with Gasteiger partial charge in [-0.15, -0.1) is 0 Å². The van der Waals surface area contributed by atoms with Crippen molar-refractivity contribution in [2.45, 2.75) is 32.6 Å². The monoisotopic (exact) mass is 444 g/mol. The highest BCUT2D eigenvalue weighted by atomic mass is 16.4. The molecule has 33 heavy (non-hydrogen) atoms. The van der Waals surface area contributed by atoms with Crippen LogP contribution in [-0.2, 0) is 17.6 Å². The quantitative estimate of drug-likeness (QED) is 0.525. The van der Waals surface area contributed by atoms with Gasteiger partial charge in [-0.05, 0) is 37.5 Å². The molecule has 0 fully saturated rings. The number of nitrogens with zero attached hydrogens (tertiary/aromatic N) is 1. The van der Waals surface area contributed by atoms with E-state index in [0.29, 0.717) is 35.4 Å². The van der Waals surface area contributed by atoms with Crippen molar-refractivity contribution in [1.82, 2.24) is 16.3 Å². The number of amides is 3. The van der Waals surface area contributed by atoms with E-state index in [2.05, 4.69) is 21.4 Å². The molecule has 0 spiro atoms. The molecule has 0 radical (unpaired) electrons. The van der Waals surface area contributed by atoms with E-state index in [0.717, 1.165) is 17.5 Å². The van der Waals surface area contributed by atoms with Crippen LogP contribution in [0.3, 0.4) is 0 Å². The number of hydrazine groups is 1. The maximum atomic E-state index is 12.7. The second-order valence-corrected chi connectivity index (χ2v) is 7.74. The van der Waals surface area contributed by atoms with Gasteiger partial charge in [-0.2, -0.15) is 5.10 Å². The van der Waals surface area contributed by atoms with E-state index < -0.39 is 5.91 Å². The van der Waals surface area contributed by atoms with E-state index >= 15 is 0 Å². The van der Waals surface area contributed by atoms with Crippen LogP contribution >= 0.6 is 0 Å². The van der Waals surface area contributed by atoms with Gasteiger partial charge in [0, 0.05) is 23.1 Å². The average Bonchev–Trinajstić information content (AvgIpc) is 3.19. The minimum atomic E-state index is -0.545. The van der Waals surface area contributed by atoms with Crippen LogP contribution in [0.4, 0.5) is 0 Å². The minimum Gasteiger partial charge on any atom is -0.455 e. The molecule has 4 rings (SSSR count). The van der Waals surface area contributed by atoms with Crippen LogP contribution in [0.2, 0.25) is 0 Å². The zero-order chi connectivity index (χ0) is 23.2. The normalized spacial score (nSPS) is 13.8. The Morgan fingerprint density at radius 1 is 0.909 bits per heavy atom. The Morgan fingerprint density at radius 2 is 1.61 bits per heavy atom. The lowest BCUT2D eigenvalue weighted by Crippen LogP contribution is -2.42. The summed E-state index contributed by atoms with van der Waals surface area (Å²) in [5, 5.41) is 4.31. The molecule has 1 aliphatic rings. The fourth-order valence-electron chi connectivity index (χ4n) is 3.78. The maximum Gasteiger partial charge on any atom is 0.305 e. The third kappa shape index (κ3) is 5.17. The van der Waals surface area contributed by atoms with Gasteiger partial charge < -0.3 is 4.42 Å². The summed E-state index contributed by atoms with van der Waals surface area (Å²) in [6.07, 6.45) is 2.24. The molecular formula is C25H24N4O4. The zero-order valence-electron chi connectivity index (χ0n) is 18.2. The first kappa shape index (κ1) is 22.0. The molecule has 0 bridgehead atoms. The van der Waals surface area contributed by atoms with Crippen LogP contribution in [0.1, 0.15) is 56.2 Å². The standard InChI is InChI=1S/C25H24N4O4/c1-16-22-19(26-28-24(31)18-11-6-3-7-12-18)13-8-14-20(22)33-23(16)25(32)29-27-21(30)15-17-9-4-2-5-10-17/h2-7,9-12H,8,13-15H2,1H3,(H,27,30)(H,28,31)(H,29,32)/b26-19+. The Kier molecular flexibility index (Phi) is 6.64. The highest BCUT2D eigenvalue weighted by molar-refractivity contribution is 6.07. The molecule has 0 saturated carbocycles. The summed E-state index contributed by atoms with van der Waals surface area (Å²) < 4.78 is 5.81. The fourth-order valence-corrected chi connectivity index (χ4v) is 3.78. The molecule has 8 heteroatoms. The molecule has 0 aliphatic heterocycles. The van der Waals surface area contributed by atoms with Gasteiger partial charge in [0.1, 0.15) is 5.76 Å². The summed E-state index contributed by atoms with van der Waals surface area (Å²) in [4.78, 5) is 37.1. The van der Waals surface area contributed by atoms with Crippen molar-refractivity contribution in [3.63, 3.8) is 0 Å². The van der Waals surface area contributed by atoms with Crippen LogP contribution < -0.4 is 16.3 Å². The largest absolute Gasteiger partial charge is 0.455 e. The lowest BCUT2D eigenvalue weighted by atomic mass is 9.93. The number of hydrogen-bond donors (Lipinski definition) is 3. The topological polar surface area (TPSA) is 113 Å². The van der Waals surface area contributed by atoms with E-state index in [-0.39, 0.29) is 24.0 Å². The van der Waals surface area contributed by atoms with E-state index in [9.17, 15) is 14.4 Å². The van der Waals surface area contributed by atoms with Crippen molar-refractivity contribution in [2.75, 3.05) is 0 Å². The van der Waals surface area contributed by atoms with Crippen LogP contribution in [0.5, 0.6) is 0 Å². The first-order valence-corrected chi connectivity index (χ1v) is 10.7. The third-order valence-electron chi connectivity index (χ3n) is 5.38. The number of furan rings is 1. The molecule has 2 aromatic carbocycles. The smallest absolute Gasteiger partial charge is 0.305 e. The van der Waals surface area contributed by atoms with Gasteiger partial charge in [0.2, 0.25) is 5.91 Å². The Morgan fingerprint density at radius 3 is 2.33 bits per heavy atom. The summed E-state index contributed by atoms with van der Waals surface area (Å²) >= 11 is 0. The molecule has 1 aromatic heterocycles. The second-order valence-electron chi connectivity index (χ2n) is 7.74. The summed E-state index contributed by atoms with van der Waals surface area (Å²) in [6, 6.07) is 18.1. The Labute approximate surface area is 191 Å². The number of fused-ring (bicyclic) bond motifs is 1. The van der Waals surface area contributed by atoms with Crippen molar-refractivity contribution < 1.29 is 18.8 Å². The highest BCUT2D eigenvalue weighted by Gasteiger charge is 2.28. The Bertz CT molecular complexity index is 1200. The average molecular weight is 444 g/mol. The molecule has 168 valence electrons. The molecule has 1 aliphatic carbocycles. The predicted octanol–water partition coefficient (Wildman–Crippen LogP) is 3.06. The Balaban J connectivity index is 1.44. The maximum absolute atomic E-state index is 12.7. The SMILES string of the molecule is Cc1c(C(=O)NNC(=O)Cc2ccccc2)oc2c1/C(=N/NC(=O)c1ccccc1)CCC2. The predicted molar refractivity (Wildman–Crippen MR) is 123 cm³/mol. The van der Waals surface area contributed by atoms with Crippen LogP contribution in [0.25, 0.3) is 0 Å². The van der Waals surface area contributed by atoms with Crippen LogP contribution in [0.15, 0.2) is 70.2 Å². The highest BCUT2D eigenvalue weighted by Crippen LogP contribution is 2.29. The van der Waals surface area contributed by atoms with E-state index in [1.54, 1.807) is 31.2 Å². The van der Waals surface area contributed by atoms with Crippen molar-refractivity contribution in [2.24, 2.45) is 5.10 Å². The molecular weight excluding hydrogens is 420 g/mol. The summed E-state index contributed by atoms with van der Waals surface area (Å²) in [7, 11) is 0. The number of benzene rings is 2. The lowest BCUT2D eigenvalue weighted by molar-refractivity contribution is -0.121. The van der Waals surface area contributed by atoms with E-state index in [1.807, 2.05) is 36.4 Å². The van der Waals surface area contributed by atoms with E-state index in [1.165, 1.54) is 0 Å². The number of nitrogens with one attached hydrogen (secondary N) is 3. The van der Waals surface area contributed by atoms with Crippen molar-refractivity contribution in [1.29, 1.82) is 0 Å². The number of hydrazone groups is 1. The molecule has 3 amide bonds. The third-order valence-corrected chi connectivity index (χ3v) is 5.38. The van der Waals surface area contributed by atoms with Crippen LogP contribution in [0, 0.1) is 6.92 Å². The molecule has 1 heterocycles. The molecule has 8 nitrogen and oxygen atoms in total. The van der Waals surface area contributed by atoms with Crippen LogP contribution in [-0.4, -0.2) is 23.4 Å². The van der Waals surface area contributed by atoms with Crippen molar-refractivity contribution in [3.05, 3.63) is 94.4 Å². The van der Waals surface area contributed by atoms with Crippen molar-refractivity contribution >= 4 is 23.4 Å². The van der Waals surface area contributed by atoms with Gasteiger partial charge in [0.05, 0.1) is 12.1 Å². The first-order valence-electron chi connectivity index (χ1n) is 10.7. The molecule has 0 unspecified atom stereocenters. The Hall–Kier alpha value is -4.20.